The van der Waals surface area contributed by atoms with Gasteiger partial charge in [-0.15, -0.1) is 0 Å². The number of nitrogens with zero attached hydrogens (tertiary/aromatic N) is 3. The first-order chi connectivity index (χ1) is 7.83. The van der Waals surface area contributed by atoms with Crippen LogP contribution in [0, 0.1) is 0 Å². The van der Waals surface area contributed by atoms with Gasteiger partial charge in [0.25, 0.3) is 0 Å². The summed E-state index contributed by atoms with van der Waals surface area (Å²) in [5.41, 5.74) is 0. The maximum atomic E-state index is 4.50. The molecule has 0 radical (unpaired) electrons. The zero-order valence-corrected chi connectivity index (χ0v) is 10.9. The maximum absolute atomic E-state index is 4.50. The highest BCUT2D eigenvalue weighted by Gasteiger charge is 2.27. The van der Waals surface area contributed by atoms with Crippen molar-refractivity contribution in [3.05, 3.63) is 5.82 Å². The van der Waals surface area contributed by atoms with Gasteiger partial charge in [0.15, 0.2) is 0 Å². The van der Waals surface area contributed by atoms with Gasteiger partial charge in [-0.1, -0.05) is 13.8 Å². The molecule has 0 atom stereocenters. The van der Waals surface area contributed by atoms with E-state index in [9.17, 15) is 0 Å². The van der Waals surface area contributed by atoms with Gasteiger partial charge in [-0.05, 0) is 25.9 Å². The number of hydrogen-bond acceptors (Lipinski definition) is 5. The summed E-state index contributed by atoms with van der Waals surface area (Å²) >= 11 is 1.49. The van der Waals surface area contributed by atoms with E-state index in [-0.39, 0.29) is 0 Å². The molecule has 1 aliphatic carbocycles. The molecule has 0 bridgehead atoms. The van der Waals surface area contributed by atoms with Gasteiger partial charge in [0.05, 0.1) is 0 Å². The molecule has 5 heteroatoms. The summed E-state index contributed by atoms with van der Waals surface area (Å²) in [5.74, 6) is 1.71. The molecule has 1 aliphatic rings. The monoisotopic (exact) mass is 240 g/mol. The van der Waals surface area contributed by atoms with Gasteiger partial charge in [0.1, 0.15) is 5.82 Å². The van der Waals surface area contributed by atoms with Crippen molar-refractivity contribution in [3.8, 4) is 0 Å². The van der Waals surface area contributed by atoms with Crippen molar-refractivity contribution in [2.45, 2.75) is 32.6 Å². The van der Waals surface area contributed by atoms with E-state index in [1.807, 2.05) is 0 Å². The van der Waals surface area contributed by atoms with Crippen LogP contribution >= 0.6 is 11.5 Å². The first kappa shape index (κ1) is 11.8. The van der Waals surface area contributed by atoms with Crippen LogP contribution in [0.4, 0.5) is 5.13 Å². The molecule has 0 spiro atoms. The van der Waals surface area contributed by atoms with Crippen LogP contribution in [0.1, 0.15) is 38.4 Å². The highest BCUT2D eigenvalue weighted by Crippen LogP contribution is 2.39. The summed E-state index contributed by atoms with van der Waals surface area (Å²) in [6.07, 6.45) is 2.55. The standard InChI is InChI=1S/C11H20N4S/c1-3-15(4-2)8-7-12-11-13-10(14-16-11)9-5-6-9/h9H,3-8H2,1-2H3,(H,12,13,14). The molecule has 0 saturated heterocycles. The van der Waals surface area contributed by atoms with E-state index in [4.69, 9.17) is 0 Å². The fraction of sp³-hybridized carbons (Fsp3) is 0.818. The lowest BCUT2D eigenvalue weighted by atomic mass is 10.4. The van der Waals surface area contributed by atoms with Crippen molar-refractivity contribution in [1.29, 1.82) is 0 Å². The van der Waals surface area contributed by atoms with Crippen molar-refractivity contribution < 1.29 is 0 Å². The molecule has 4 nitrogen and oxygen atoms in total. The summed E-state index contributed by atoms with van der Waals surface area (Å²) in [5, 5.41) is 4.33. The predicted octanol–water partition coefficient (Wildman–Crippen LogP) is 2.17. The predicted molar refractivity (Wildman–Crippen MR) is 68.2 cm³/mol. The summed E-state index contributed by atoms with van der Waals surface area (Å²) in [6, 6.07) is 0. The topological polar surface area (TPSA) is 41.0 Å². The molecule has 1 N–H and O–H groups in total. The Balaban J connectivity index is 1.71. The van der Waals surface area contributed by atoms with Crippen LogP contribution in [0.15, 0.2) is 0 Å². The van der Waals surface area contributed by atoms with Crippen LogP contribution in [0.25, 0.3) is 0 Å². The zero-order chi connectivity index (χ0) is 11.4. The molecular weight excluding hydrogens is 220 g/mol. The first-order valence-corrected chi connectivity index (χ1v) is 6.90. The molecule has 1 aromatic rings. The smallest absolute Gasteiger partial charge is 0.202 e. The minimum Gasteiger partial charge on any atom is -0.359 e. The van der Waals surface area contributed by atoms with Crippen molar-refractivity contribution in [1.82, 2.24) is 14.3 Å². The summed E-state index contributed by atoms with van der Waals surface area (Å²) in [6.45, 7) is 8.65. The Hall–Kier alpha value is -0.680. The minimum atomic E-state index is 0.662. The molecule has 0 amide bonds. The van der Waals surface area contributed by atoms with Crippen molar-refractivity contribution in [2.75, 3.05) is 31.5 Å². The van der Waals surface area contributed by atoms with Crippen LogP contribution in [0.3, 0.4) is 0 Å². The zero-order valence-electron chi connectivity index (χ0n) is 10.1. The number of likely N-dealkylation sites (N-methyl/N-ethyl adjacent to an activating group) is 1. The third-order valence-electron chi connectivity index (χ3n) is 2.98. The minimum absolute atomic E-state index is 0.662. The Morgan fingerprint density at radius 2 is 2.12 bits per heavy atom. The molecule has 0 aliphatic heterocycles. The van der Waals surface area contributed by atoms with Gasteiger partial charge in [-0.3, -0.25) is 0 Å². The second-order valence-corrected chi connectivity index (χ2v) is 4.94. The molecule has 90 valence electrons. The summed E-state index contributed by atoms with van der Waals surface area (Å²) in [4.78, 5) is 6.90. The van der Waals surface area contributed by atoms with Gasteiger partial charge >= 0.3 is 0 Å². The van der Waals surface area contributed by atoms with E-state index >= 15 is 0 Å². The molecule has 1 fully saturated rings. The molecule has 0 unspecified atom stereocenters. The lowest BCUT2D eigenvalue weighted by molar-refractivity contribution is 0.316. The van der Waals surface area contributed by atoms with E-state index in [0.717, 1.165) is 37.1 Å². The van der Waals surface area contributed by atoms with Gasteiger partial charge < -0.3 is 10.2 Å². The number of rotatable bonds is 7. The van der Waals surface area contributed by atoms with Gasteiger partial charge in [0, 0.05) is 30.5 Å². The molecule has 1 aromatic heterocycles. The lowest BCUT2D eigenvalue weighted by Crippen LogP contribution is -2.28. The van der Waals surface area contributed by atoms with Crippen LogP contribution in [0.2, 0.25) is 0 Å². The van der Waals surface area contributed by atoms with E-state index in [0.29, 0.717) is 5.92 Å². The molecular formula is C11H20N4S. The van der Waals surface area contributed by atoms with E-state index in [1.165, 1.54) is 24.4 Å². The molecule has 1 heterocycles. The second-order valence-electron chi connectivity index (χ2n) is 4.19. The molecule has 2 rings (SSSR count). The largest absolute Gasteiger partial charge is 0.359 e. The van der Waals surface area contributed by atoms with E-state index in [1.54, 1.807) is 0 Å². The van der Waals surface area contributed by atoms with Crippen molar-refractivity contribution in [2.24, 2.45) is 0 Å². The van der Waals surface area contributed by atoms with Gasteiger partial charge in [-0.25, -0.2) is 4.98 Å². The summed E-state index contributed by atoms with van der Waals surface area (Å²) in [7, 11) is 0. The van der Waals surface area contributed by atoms with Crippen LogP contribution in [-0.4, -0.2) is 40.4 Å². The third kappa shape index (κ3) is 3.15. The number of aromatic nitrogens is 2. The number of hydrogen-bond donors (Lipinski definition) is 1. The average molecular weight is 240 g/mol. The Kier molecular flexibility index (Phi) is 4.12. The fourth-order valence-corrected chi connectivity index (χ4v) is 2.35. The Labute approximate surface area is 101 Å². The highest BCUT2D eigenvalue weighted by molar-refractivity contribution is 7.09. The first-order valence-electron chi connectivity index (χ1n) is 6.13. The molecule has 0 aromatic carbocycles. The fourth-order valence-electron chi connectivity index (χ4n) is 1.67. The van der Waals surface area contributed by atoms with E-state index in [2.05, 4.69) is 33.4 Å². The van der Waals surface area contributed by atoms with Crippen LogP contribution in [-0.2, 0) is 0 Å². The Bertz CT molecular complexity index is 318. The average Bonchev–Trinajstić information content (AvgIpc) is 3.05. The maximum Gasteiger partial charge on any atom is 0.202 e. The lowest BCUT2D eigenvalue weighted by Gasteiger charge is -2.17. The van der Waals surface area contributed by atoms with Crippen LogP contribution < -0.4 is 5.32 Å². The van der Waals surface area contributed by atoms with Crippen molar-refractivity contribution >= 4 is 16.7 Å². The van der Waals surface area contributed by atoms with Gasteiger partial charge in [0.2, 0.25) is 5.13 Å². The number of anilines is 1. The third-order valence-corrected chi connectivity index (χ3v) is 3.67. The molecule has 16 heavy (non-hydrogen) atoms. The second kappa shape index (κ2) is 5.59. The Morgan fingerprint density at radius 1 is 1.38 bits per heavy atom. The highest BCUT2D eigenvalue weighted by atomic mass is 32.1. The van der Waals surface area contributed by atoms with Gasteiger partial charge in [-0.2, -0.15) is 4.37 Å². The number of nitrogens with one attached hydrogen (secondary N) is 1. The molecule has 1 saturated carbocycles. The van der Waals surface area contributed by atoms with Crippen molar-refractivity contribution in [3.63, 3.8) is 0 Å². The van der Waals surface area contributed by atoms with Crippen LogP contribution in [0.5, 0.6) is 0 Å². The SMILES string of the molecule is CCN(CC)CCNc1nc(C2CC2)ns1. The Morgan fingerprint density at radius 3 is 2.75 bits per heavy atom. The quantitative estimate of drug-likeness (QED) is 0.793. The normalized spacial score (nSPS) is 15.7. The van der Waals surface area contributed by atoms with E-state index < -0.39 is 0 Å². The summed E-state index contributed by atoms with van der Waals surface area (Å²) < 4.78 is 4.37.